The number of carbonyl (C=O) groups is 2. The maximum atomic E-state index is 12.6. The number of hydrogen-bond donors (Lipinski definition) is 0. The third-order valence-electron chi connectivity index (χ3n) is 6.08. The first-order chi connectivity index (χ1) is 12.0. The highest BCUT2D eigenvalue weighted by Gasteiger charge is 2.51. The molecule has 3 saturated heterocycles. The molecular weight excluding hydrogens is 320 g/mol. The fourth-order valence-electron chi connectivity index (χ4n) is 4.61. The zero-order chi connectivity index (χ0) is 17.6. The van der Waals surface area contributed by atoms with Crippen LogP contribution in [0.3, 0.4) is 0 Å². The van der Waals surface area contributed by atoms with Crippen molar-refractivity contribution in [1.29, 1.82) is 0 Å². The van der Waals surface area contributed by atoms with Crippen LogP contribution < -0.4 is 0 Å². The Hall–Kier alpha value is -1.89. The van der Waals surface area contributed by atoms with E-state index in [0.717, 1.165) is 52.0 Å². The molecular formula is C18H26N4O3. The molecule has 4 rings (SSSR count). The number of piperidine rings is 1. The van der Waals surface area contributed by atoms with Crippen molar-refractivity contribution in [3.05, 3.63) is 17.5 Å². The summed E-state index contributed by atoms with van der Waals surface area (Å²) in [5.41, 5.74) is 0.756. The summed E-state index contributed by atoms with van der Waals surface area (Å²) in [4.78, 5) is 31.2. The summed E-state index contributed by atoms with van der Waals surface area (Å²) in [5.74, 6) is 0.943. The van der Waals surface area contributed by atoms with Crippen molar-refractivity contribution < 1.29 is 14.1 Å². The van der Waals surface area contributed by atoms with Gasteiger partial charge in [0.2, 0.25) is 5.91 Å². The van der Waals surface area contributed by atoms with Gasteiger partial charge in [-0.1, -0.05) is 12.1 Å². The van der Waals surface area contributed by atoms with Gasteiger partial charge in [-0.05, 0) is 25.8 Å². The van der Waals surface area contributed by atoms with Gasteiger partial charge in [0.05, 0.1) is 12.2 Å². The first-order valence-corrected chi connectivity index (χ1v) is 9.25. The minimum absolute atomic E-state index is 0.0238. The number of amides is 2. The molecule has 0 aliphatic carbocycles. The Labute approximate surface area is 147 Å². The molecule has 0 radical (unpaired) electrons. The van der Waals surface area contributed by atoms with E-state index >= 15 is 0 Å². The summed E-state index contributed by atoms with van der Waals surface area (Å²) in [6.45, 7) is 6.25. The molecule has 136 valence electrons. The van der Waals surface area contributed by atoms with Crippen LogP contribution in [0.25, 0.3) is 0 Å². The van der Waals surface area contributed by atoms with Crippen LogP contribution in [0.1, 0.15) is 42.3 Å². The second-order valence-corrected chi connectivity index (χ2v) is 7.82. The summed E-state index contributed by atoms with van der Waals surface area (Å²) in [6, 6.07) is 0.0349. The first kappa shape index (κ1) is 16.6. The number of hydrogen-bond acceptors (Lipinski definition) is 5. The van der Waals surface area contributed by atoms with Crippen molar-refractivity contribution in [3.63, 3.8) is 0 Å². The van der Waals surface area contributed by atoms with Crippen molar-refractivity contribution >= 4 is 11.8 Å². The highest BCUT2D eigenvalue weighted by molar-refractivity contribution is 5.95. The molecule has 3 aliphatic heterocycles. The number of nitrogens with zero attached hydrogens (tertiary/aromatic N) is 4. The minimum Gasteiger partial charge on any atom is -0.361 e. The van der Waals surface area contributed by atoms with Gasteiger partial charge in [0, 0.05) is 45.1 Å². The van der Waals surface area contributed by atoms with Crippen molar-refractivity contribution in [3.8, 4) is 0 Å². The van der Waals surface area contributed by atoms with Gasteiger partial charge in [0.1, 0.15) is 11.3 Å². The first-order valence-electron chi connectivity index (χ1n) is 9.25. The van der Waals surface area contributed by atoms with Gasteiger partial charge >= 0.3 is 0 Å². The predicted octanol–water partition coefficient (Wildman–Crippen LogP) is 1.01. The van der Waals surface area contributed by atoms with Gasteiger partial charge in [0.25, 0.3) is 5.91 Å². The molecule has 0 bridgehead atoms. The van der Waals surface area contributed by atoms with Crippen LogP contribution in [0.15, 0.2) is 10.7 Å². The maximum Gasteiger partial charge on any atom is 0.259 e. The van der Waals surface area contributed by atoms with Crippen molar-refractivity contribution in [2.45, 2.75) is 38.6 Å². The molecule has 2 amide bonds. The molecule has 1 atom stereocenters. The number of rotatable bonds is 3. The van der Waals surface area contributed by atoms with Gasteiger partial charge in [-0.25, -0.2) is 0 Å². The lowest BCUT2D eigenvalue weighted by molar-refractivity contribution is -0.138. The molecule has 0 N–H and O–H groups in total. The Morgan fingerprint density at radius 1 is 1.36 bits per heavy atom. The molecule has 4 heterocycles. The van der Waals surface area contributed by atoms with E-state index in [-0.39, 0.29) is 23.3 Å². The Bertz CT molecular complexity index is 680. The fourth-order valence-corrected chi connectivity index (χ4v) is 4.61. The Kier molecular flexibility index (Phi) is 4.06. The van der Waals surface area contributed by atoms with E-state index in [1.165, 1.54) is 6.20 Å². The second kappa shape index (κ2) is 6.12. The minimum atomic E-state index is 0.0238. The van der Waals surface area contributed by atoms with E-state index in [4.69, 9.17) is 4.52 Å². The Balaban J connectivity index is 1.37. The lowest BCUT2D eigenvalue weighted by atomic mass is 9.78. The van der Waals surface area contributed by atoms with Gasteiger partial charge in [0.15, 0.2) is 0 Å². The molecule has 1 unspecified atom stereocenters. The Morgan fingerprint density at radius 2 is 2.16 bits per heavy atom. The van der Waals surface area contributed by atoms with E-state index in [1.54, 1.807) is 0 Å². The Morgan fingerprint density at radius 3 is 2.92 bits per heavy atom. The quantitative estimate of drug-likeness (QED) is 0.817. The van der Waals surface area contributed by atoms with Crippen LogP contribution in [0.5, 0.6) is 0 Å². The van der Waals surface area contributed by atoms with Crippen LogP contribution >= 0.6 is 0 Å². The molecule has 0 saturated carbocycles. The summed E-state index contributed by atoms with van der Waals surface area (Å²) >= 11 is 0. The van der Waals surface area contributed by atoms with Crippen molar-refractivity contribution in [2.75, 3.05) is 39.8 Å². The van der Waals surface area contributed by atoms with Gasteiger partial charge in [-0.15, -0.1) is 0 Å². The van der Waals surface area contributed by atoms with E-state index in [0.29, 0.717) is 17.7 Å². The van der Waals surface area contributed by atoms with E-state index < -0.39 is 0 Å². The van der Waals surface area contributed by atoms with Crippen LogP contribution in [0.4, 0.5) is 0 Å². The molecule has 1 aromatic rings. The number of aromatic nitrogens is 1. The zero-order valence-corrected chi connectivity index (χ0v) is 15.0. The average Bonchev–Trinajstić information content (AvgIpc) is 3.22. The van der Waals surface area contributed by atoms with E-state index in [1.807, 2.05) is 23.8 Å². The molecule has 1 spiro atoms. The SMILES string of the molecule is CCc1oncc1C(=O)N1CC2(CCN(C3CCCN(C)C3=O)C2)C1. The van der Waals surface area contributed by atoms with E-state index in [2.05, 4.69) is 10.1 Å². The van der Waals surface area contributed by atoms with Crippen LogP contribution in [-0.2, 0) is 11.2 Å². The lowest BCUT2D eigenvalue weighted by Gasteiger charge is -2.48. The molecule has 3 aliphatic rings. The number of likely N-dealkylation sites (tertiary alicyclic amines) is 3. The predicted molar refractivity (Wildman–Crippen MR) is 91.1 cm³/mol. The van der Waals surface area contributed by atoms with E-state index in [9.17, 15) is 9.59 Å². The zero-order valence-electron chi connectivity index (χ0n) is 15.0. The standard InChI is InChI=1S/C18H26N4O3/c1-3-15-13(9-19-25-15)16(23)22-11-18(12-22)6-8-21(10-18)14-5-4-7-20(2)17(14)24/h9,14H,3-8,10-12H2,1-2H3. The van der Waals surface area contributed by atoms with Crippen molar-refractivity contribution in [2.24, 2.45) is 5.41 Å². The molecule has 1 aromatic heterocycles. The third kappa shape index (κ3) is 2.74. The summed E-state index contributed by atoms with van der Waals surface area (Å²) in [5, 5.41) is 3.76. The highest BCUT2D eigenvalue weighted by atomic mass is 16.5. The van der Waals surface area contributed by atoms with Crippen molar-refractivity contribution in [1.82, 2.24) is 19.9 Å². The average molecular weight is 346 g/mol. The highest BCUT2D eigenvalue weighted by Crippen LogP contribution is 2.41. The van der Waals surface area contributed by atoms with Gasteiger partial charge < -0.3 is 14.3 Å². The smallest absolute Gasteiger partial charge is 0.259 e. The third-order valence-corrected chi connectivity index (χ3v) is 6.08. The lowest BCUT2D eigenvalue weighted by Crippen LogP contribution is -2.60. The van der Waals surface area contributed by atoms with Crippen LogP contribution in [0.2, 0.25) is 0 Å². The normalized spacial score (nSPS) is 26.3. The maximum absolute atomic E-state index is 12.6. The fraction of sp³-hybridized carbons (Fsp3) is 0.722. The molecule has 7 nitrogen and oxygen atoms in total. The number of likely N-dealkylation sites (N-methyl/N-ethyl adjacent to an activating group) is 1. The summed E-state index contributed by atoms with van der Waals surface area (Å²) in [7, 11) is 1.90. The number of aryl methyl sites for hydroxylation is 1. The number of carbonyl (C=O) groups excluding carboxylic acids is 2. The second-order valence-electron chi connectivity index (χ2n) is 7.82. The summed E-state index contributed by atoms with van der Waals surface area (Å²) in [6.07, 6.45) is 5.31. The van der Waals surface area contributed by atoms with Gasteiger partial charge in [-0.2, -0.15) is 0 Å². The van der Waals surface area contributed by atoms with Crippen LogP contribution in [-0.4, -0.2) is 77.5 Å². The molecule has 3 fully saturated rings. The topological polar surface area (TPSA) is 69.9 Å². The van der Waals surface area contributed by atoms with Crippen LogP contribution in [0, 0.1) is 5.41 Å². The summed E-state index contributed by atoms with van der Waals surface area (Å²) < 4.78 is 5.14. The van der Waals surface area contributed by atoms with Gasteiger partial charge in [-0.3, -0.25) is 14.5 Å². The molecule has 0 aromatic carbocycles. The molecule has 25 heavy (non-hydrogen) atoms. The monoisotopic (exact) mass is 346 g/mol. The largest absolute Gasteiger partial charge is 0.361 e. The molecule has 7 heteroatoms.